The Morgan fingerprint density at radius 3 is 2.68 bits per heavy atom. The third-order valence-corrected chi connectivity index (χ3v) is 6.67. The van der Waals surface area contributed by atoms with Gasteiger partial charge in [0.1, 0.15) is 5.01 Å². The number of thiazole rings is 1. The van der Waals surface area contributed by atoms with E-state index in [2.05, 4.69) is 46.9 Å². The first-order valence-electron chi connectivity index (χ1n) is 10.4. The van der Waals surface area contributed by atoms with E-state index in [0.29, 0.717) is 5.92 Å². The van der Waals surface area contributed by atoms with Crippen LogP contribution in [-0.2, 0) is 23.5 Å². The van der Waals surface area contributed by atoms with E-state index in [4.69, 9.17) is 4.98 Å². The molecule has 5 nitrogen and oxygen atoms in total. The number of thioether (sulfide) groups is 1. The molecule has 1 amide bonds. The van der Waals surface area contributed by atoms with Crippen LogP contribution in [0.2, 0.25) is 0 Å². The summed E-state index contributed by atoms with van der Waals surface area (Å²) in [6.45, 7) is 7.40. The number of aryl methyl sites for hydroxylation is 1. The van der Waals surface area contributed by atoms with Gasteiger partial charge in [0, 0.05) is 23.4 Å². The largest absolute Gasteiger partial charge is 0.326 e. The van der Waals surface area contributed by atoms with Crippen molar-refractivity contribution in [1.82, 2.24) is 14.5 Å². The second kappa shape index (κ2) is 9.66. The van der Waals surface area contributed by atoms with Crippen molar-refractivity contribution in [3.05, 3.63) is 70.2 Å². The molecule has 4 rings (SSSR count). The Bertz CT molecular complexity index is 1180. The number of nitrogens with one attached hydrogen (secondary N) is 1. The highest BCUT2D eigenvalue weighted by Crippen LogP contribution is 2.28. The number of carbonyl (C=O) groups is 1. The maximum atomic E-state index is 12.3. The number of hydrogen-bond acceptors (Lipinski definition) is 5. The van der Waals surface area contributed by atoms with Gasteiger partial charge in [-0.25, -0.2) is 9.97 Å². The standard InChI is InChI=1S/C24H26N4OS2/c1-16(2)13-28-21-7-5-4-6-20(21)27-24(28)31-15-19-14-30-23(26-19)12-22(29)25-18-10-8-17(3)9-11-18/h4-11,14,16H,12-13,15H2,1-3H3,(H,25,29). The molecule has 7 heteroatoms. The van der Waals surface area contributed by atoms with Gasteiger partial charge in [0.05, 0.1) is 23.1 Å². The van der Waals surface area contributed by atoms with Crippen molar-refractivity contribution >= 4 is 45.7 Å². The number of para-hydroxylation sites is 2. The van der Waals surface area contributed by atoms with Crippen molar-refractivity contribution in [2.75, 3.05) is 5.32 Å². The molecule has 2 aromatic carbocycles. The van der Waals surface area contributed by atoms with Crippen molar-refractivity contribution in [2.45, 2.75) is 44.6 Å². The van der Waals surface area contributed by atoms with Gasteiger partial charge >= 0.3 is 0 Å². The van der Waals surface area contributed by atoms with E-state index in [9.17, 15) is 4.79 Å². The molecule has 0 unspecified atom stereocenters. The fourth-order valence-corrected chi connectivity index (χ4v) is 5.13. The first-order valence-corrected chi connectivity index (χ1v) is 12.2. The number of benzene rings is 2. The summed E-state index contributed by atoms with van der Waals surface area (Å²) in [5.74, 6) is 1.23. The van der Waals surface area contributed by atoms with Crippen molar-refractivity contribution in [3.8, 4) is 0 Å². The summed E-state index contributed by atoms with van der Waals surface area (Å²) in [5.41, 5.74) is 5.16. The van der Waals surface area contributed by atoms with Gasteiger partial charge in [-0.05, 0) is 37.1 Å². The molecule has 0 saturated carbocycles. The third-order valence-electron chi connectivity index (χ3n) is 4.76. The molecule has 0 aliphatic carbocycles. The molecule has 0 bridgehead atoms. The first-order chi connectivity index (χ1) is 15.0. The van der Waals surface area contributed by atoms with Gasteiger partial charge < -0.3 is 9.88 Å². The van der Waals surface area contributed by atoms with E-state index in [-0.39, 0.29) is 12.3 Å². The van der Waals surface area contributed by atoms with E-state index in [1.807, 2.05) is 42.6 Å². The smallest absolute Gasteiger partial charge is 0.231 e. The summed E-state index contributed by atoms with van der Waals surface area (Å²) in [6.07, 6.45) is 0.287. The summed E-state index contributed by atoms with van der Waals surface area (Å²) >= 11 is 3.23. The number of nitrogens with zero attached hydrogens (tertiary/aromatic N) is 3. The molecule has 2 aromatic heterocycles. The van der Waals surface area contributed by atoms with Crippen LogP contribution in [0.15, 0.2) is 59.1 Å². The average Bonchev–Trinajstić information content (AvgIpc) is 3.32. The van der Waals surface area contributed by atoms with Crippen LogP contribution in [0.25, 0.3) is 11.0 Å². The Kier molecular flexibility index (Phi) is 6.73. The predicted molar refractivity (Wildman–Crippen MR) is 130 cm³/mol. The fraction of sp³-hybridized carbons (Fsp3) is 0.292. The number of anilines is 1. The van der Waals surface area contributed by atoms with Crippen LogP contribution in [0.4, 0.5) is 5.69 Å². The SMILES string of the molecule is Cc1ccc(NC(=O)Cc2nc(CSc3nc4ccccc4n3CC(C)C)cs2)cc1. The zero-order valence-electron chi connectivity index (χ0n) is 18.0. The van der Waals surface area contributed by atoms with Gasteiger partial charge in [-0.1, -0.05) is 55.4 Å². The van der Waals surface area contributed by atoms with Crippen LogP contribution in [0.3, 0.4) is 0 Å². The number of imidazole rings is 1. The fourth-order valence-electron chi connectivity index (χ4n) is 3.32. The molecule has 0 atom stereocenters. The van der Waals surface area contributed by atoms with Crippen molar-refractivity contribution in [3.63, 3.8) is 0 Å². The maximum absolute atomic E-state index is 12.3. The van der Waals surface area contributed by atoms with Crippen LogP contribution >= 0.6 is 23.1 Å². The molecule has 0 aliphatic heterocycles. The molecule has 31 heavy (non-hydrogen) atoms. The van der Waals surface area contributed by atoms with Gasteiger partial charge in [-0.3, -0.25) is 4.79 Å². The van der Waals surface area contributed by atoms with Gasteiger partial charge in [0.2, 0.25) is 5.91 Å². The van der Waals surface area contributed by atoms with E-state index < -0.39 is 0 Å². The summed E-state index contributed by atoms with van der Waals surface area (Å²) in [5, 5.41) is 6.82. The molecule has 0 spiro atoms. The molecule has 0 aliphatic rings. The molecule has 0 saturated heterocycles. The average molecular weight is 451 g/mol. The quantitative estimate of drug-likeness (QED) is 0.338. The second-order valence-electron chi connectivity index (χ2n) is 8.00. The summed E-state index contributed by atoms with van der Waals surface area (Å²) in [6, 6.07) is 16.1. The van der Waals surface area contributed by atoms with Gasteiger partial charge in [0.15, 0.2) is 5.16 Å². The molecular formula is C24H26N4OS2. The van der Waals surface area contributed by atoms with E-state index in [1.54, 1.807) is 11.8 Å². The Morgan fingerprint density at radius 1 is 1.13 bits per heavy atom. The maximum Gasteiger partial charge on any atom is 0.231 e. The highest BCUT2D eigenvalue weighted by molar-refractivity contribution is 7.98. The summed E-state index contributed by atoms with van der Waals surface area (Å²) < 4.78 is 2.30. The second-order valence-corrected chi connectivity index (χ2v) is 9.88. The molecule has 4 aromatic rings. The van der Waals surface area contributed by atoms with Gasteiger partial charge in [-0.2, -0.15) is 0 Å². The predicted octanol–water partition coefficient (Wildman–Crippen LogP) is 5.93. The lowest BCUT2D eigenvalue weighted by molar-refractivity contribution is -0.115. The number of amides is 1. The molecular weight excluding hydrogens is 424 g/mol. The number of hydrogen-bond donors (Lipinski definition) is 1. The first kappa shape index (κ1) is 21.6. The van der Waals surface area contributed by atoms with Gasteiger partial charge in [-0.15, -0.1) is 11.3 Å². The lowest BCUT2D eigenvalue weighted by atomic mass is 10.2. The van der Waals surface area contributed by atoms with E-state index >= 15 is 0 Å². The highest BCUT2D eigenvalue weighted by Gasteiger charge is 2.14. The van der Waals surface area contributed by atoms with Crippen LogP contribution in [-0.4, -0.2) is 20.4 Å². The topological polar surface area (TPSA) is 59.8 Å². The normalized spacial score (nSPS) is 11.4. The Hall–Kier alpha value is -2.64. The highest BCUT2D eigenvalue weighted by atomic mass is 32.2. The number of carbonyl (C=O) groups excluding carboxylic acids is 1. The van der Waals surface area contributed by atoms with E-state index in [1.165, 1.54) is 22.4 Å². The Labute approximate surface area is 190 Å². The molecule has 160 valence electrons. The molecule has 0 radical (unpaired) electrons. The number of rotatable bonds is 8. The van der Waals surface area contributed by atoms with Crippen molar-refractivity contribution in [1.29, 1.82) is 0 Å². The summed E-state index contributed by atoms with van der Waals surface area (Å²) in [4.78, 5) is 21.8. The molecule has 1 N–H and O–H groups in total. The minimum Gasteiger partial charge on any atom is -0.326 e. The lowest BCUT2D eigenvalue weighted by Gasteiger charge is -2.10. The zero-order chi connectivity index (χ0) is 21.8. The molecule has 2 heterocycles. The molecule has 0 fully saturated rings. The minimum atomic E-state index is -0.0452. The van der Waals surface area contributed by atoms with Crippen LogP contribution < -0.4 is 5.32 Å². The Balaban J connectivity index is 1.39. The van der Waals surface area contributed by atoms with E-state index in [0.717, 1.165) is 39.4 Å². The van der Waals surface area contributed by atoms with Gasteiger partial charge in [0.25, 0.3) is 0 Å². The number of fused-ring (bicyclic) bond motifs is 1. The van der Waals surface area contributed by atoms with Crippen LogP contribution in [0, 0.1) is 12.8 Å². The van der Waals surface area contributed by atoms with Crippen LogP contribution in [0.5, 0.6) is 0 Å². The number of aromatic nitrogens is 3. The van der Waals surface area contributed by atoms with Crippen molar-refractivity contribution in [2.24, 2.45) is 5.92 Å². The zero-order valence-corrected chi connectivity index (χ0v) is 19.6. The summed E-state index contributed by atoms with van der Waals surface area (Å²) in [7, 11) is 0. The Morgan fingerprint density at radius 2 is 1.90 bits per heavy atom. The lowest BCUT2D eigenvalue weighted by Crippen LogP contribution is -2.14. The monoisotopic (exact) mass is 450 g/mol. The van der Waals surface area contributed by atoms with Crippen molar-refractivity contribution < 1.29 is 4.79 Å². The third kappa shape index (κ3) is 5.54. The minimum absolute atomic E-state index is 0.0452. The van der Waals surface area contributed by atoms with Crippen LogP contribution in [0.1, 0.15) is 30.1 Å².